The molecule has 0 unspecified atom stereocenters. The number of para-hydroxylation sites is 1. The van der Waals surface area contributed by atoms with Gasteiger partial charge in [0.1, 0.15) is 0 Å². The van der Waals surface area contributed by atoms with Crippen LogP contribution in [0.5, 0.6) is 0 Å². The molecule has 1 heterocycles. The fourth-order valence-corrected chi connectivity index (χ4v) is 5.41. The van der Waals surface area contributed by atoms with Crippen LogP contribution in [-0.2, 0) is 14.4 Å². The minimum absolute atomic E-state index is 0.0811. The van der Waals surface area contributed by atoms with Gasteiger partial charge in [0, 0.05) is 13.0 Å². The Hall–Kier alpha value is -2.14. The van der Waals surface area contributed by atoms with Gasteiger partial charge in [-0.05, 0) is 42.2 Å². The molecular weight excluding hydrogens is 352 g/mol. The molecule has 1 N–H and O–H groups in total. The van der Waals surface area contributed by atoms with Crippen molar-refractivity contribution in [3.63, 3.8) is 0 Å². The quantitative estimate of drug-likeness (QED) is 0.654. The molecule has 5 aliphatic rings. The van der Waals surface area contributed by atoms with Crippen molar-refractivity contribution in [2.45, 2.75) is 12.8 Å². The third-order valence-corrected chi connectivity index (χ3v) is 6.79. The van der Waals surface area contributed by atoms with Gasteiger partial charge in [-0.15, -0.1) is 0 Å². The van der Waals surface area contributed by atoms with Gasteiger partial charge in [0.05, 0.1) is 22.5 Å². The molecule has 1 aliphatic heterocycles. The number of anilines is 1. The van der Waals surface area contributed by atoms with Gasteiger partial charge < -0.3 is 5.32 Å². The molecule has 5 nitrogen and oxygen atoms in total. The van der Waals surface area contributed by atoms with E-state index in [0.29, 0.717) is 22.5 Å². The molecule has 2 saturated carbocycles. The number of benzene rings is 1. The number of hydrogen-bond donors (Lipinski definition) is 1. The number of amides is 3. The van der Waals surface area contributed by atoms with Crippen molar-refractivity contribution in [2.24, 2.45) is 35.5 Å². The smallest absolute Gasteiger partial charge is 0.233 e. The zero-order valence-corrected chi connectivity index (χ0v) is 14.9. The molecule has 6 rings (SSSR count). The minimum Gasteiger partial charge on any atom is -0.325 e. The Balaban J connectivity index is 1.26. The molecule has 6 atom stereocenters. The Labute approximate surface area is 156 Å². The van der Waals surface area contributed by atoms with Gasteiger partial charge in [0.2, 0.25) is 17.7 Å². The van der Waals surface area contributed by atoms with Gasteiger partial charge in [-0.1, -0.05) is 35.9 Å². The highest BCUT2D eigenvalue weighted by molar-refractivity contribution is 6.33. The zero-order chi connectivity index (χ0) is 18.0. The number of carbonyl (C=O) groups is 3. The molecule has 0 aromatic heterocycles. The first kappa shape index (κ1) is 16.1. The van der Waals surface area contributed by atoms with Gasteiger partial charge in [-0.2, -0.15) is 0 Å². The van der Waals surface area contributed by atoms with Crippen LogP contribution in [0.2, 0.25) is 5.02 Å². The summed E-state index contributed by atoms with van der Waals surface area (Å²) in [7, 11) is 0. The Kier molecular flexibility index (Phi) is 3.51. The van der Waals surface area contributed by atoms with Gasteiger partial charge in [0.15, 0.2) is 0 Å². The lowest BCUT2D eigenvalue weighted by atomic mass is 9.63. The fraction of sp³-hybridized carbons (Fsp3) is 0.450. The van der Waals surface area contributed by atoms with E-state index in [1.807, 2.05) is 0 Å². The monoisotopic (exact) mass is 370 g/mol. The lowest BCUT2D eigenvalue weighted by Gasteiger charge is -2.37. The van der Waals surface area contributed by atoms with Crippen LogP contribution in [-0.4, -0.2) is 29.2 Å². The second-order valence-corrected chi connectivity index (χ2v) is 8.17. The largest absolute Gasteiger partial charge is 0.325 e. The number of nitrogens with zero attached hydrogens (tertiary/aromatic N) is 1. The number of likely N-dealkylation sites (tertiary alicyclic amines) is 1. The second-order valence-electron chi connectivity index (χ2n) is 7.76. The molecule has 2 bridgehead atoms. The van der Waals surface area contributed by atoms with Crippen LogP contribution in [0.25, 0.3) is 0 Å². The van der Waals surface area contributed by atoms with E-state index in [9.17, 15) is 14.4 Å². The van der Waals surface area contributed by atoms with Gasteiger partial charge >= 0.3 is 0 Å². The lowest BCUT2D eigenvalue weighted by molar-refractivity contribution is -0.140. The number of imide groups is 1. The molecule has 4 aliphatic carbocycles. The van der Waals surface area contributed by atoms with Crippen molar-refractivity contribution in [2.75, 3.05) is 11.9 Å². The highest BCUT2D eigenvalue weighted by Crippen LogP contribution is 2.65. The fourth-order valence-electron chi connectivity index (χ4n) is 5.23. The van der Waals surface area contributed by atoms with Crippen molar-refractivity contribution in [1.29, 1.82) is 0 Å². The summed E-state index contributed by atoms with van der Waals surface area (Å²) in [5, 5.41) is 3.20. The van der Waals surface area contributed by atoms with E-state index in [1.165, 1.54) is 4.90 Å². The number of nitrogens with one attached hydrogen (secondary N) is 1. The van der Waals surface area contributed by atoms with Crippen LogP contribution < -0.4 is 5.32 Å². The number of rotatable bonds is 4. The first-order valence-electron chi connectivity index (χ1n) is 9.14. The lowest BCUT2D eigenvalue weighted by Crippen LogP contribution is -2.40. The number of allylic oxidation sites excluding steroid dienone is 2. The number of carbonyl (C=O) groups excluding carboxylic acids is 3. The van der Waals surface area contributed by atoms with Crippen LogP contribution in [0.15, 0.2) is 36.4 Å². The summed E-state index contributed by atoms with van der Waals surface area (Å²) in [4.78, 5) is 39.2. The summed E-state index contributed by atoms with van der Waals surface area (Å²) < 4.78 is 0. The van der Waals surface area contributed by atoms with Crippen LogP contribution >= 0.6 is 11.6 Å². The average molecular weight is 371 g/mol. The molecule has 134 valence electrons. The summed E-state index contributed by atoms with van der Waals surface area (Å²) in [6.45, 7) is 0.135. The molecule has 0 spiro atoms. The Morgan fingerprint density at radius 1 is 1.08 bits per heavy atom. The van der Waals surface area contributed by atoms with E-state index in [-0.39, 0.29) is 54.4 Å². The minimum atomic E-state index is -0.252. The van der Waals surface area contributed by atoms with Crippen LogP contribution in [0.3, 0.4) is 0 Å². The zero-order valence-electron chi connectivity index (χ0n) is 14.1. The van der Waals surface area contributed by atoms with E-state index < -0.39 is 0 Å². The molecule has 6 heteroatoms. The van der Waals surface area contributed by atoms with E-state index in [4.69, 9.17) is 11.6 Å². The highest BCUT2D eigenvalue weighted by Gasteiger charge is 2.66. The summed E-state index contributed by atoms with van der Waals surface area (Å²) in [5.74, 6) is 0.781. The van der Waals surface area contributed by atoms with Crippen molar-refractivity contribution < 1.29 is 14.4 Å². The maximum absolute atomic E-state index is 12.8. The molecule has 3 amide bonds. The second kappa shape index (κ2) is 5.68. The summed E-state index contributed by atoms with van der Waals surface area (Å²) >= 11 is 6.04. The van der Waals surface area contributed by atoms with E-state index >= 15 is 0 Å². The first-order valence-corrected chi connectivity index (χ1v) is 9.52. The topological polar surface area (TPSA) is 66.5 Å². The first-order chi connectivity index (χ1) is 12.6. The maximum Gasteiger partial charge on any atom is 0.233 e. The molecule has 1 aromatic rings. The molecule has 3 fully saturated rings. The molecule has 1 saturated heterocycles. The predicted octanol–water partition coefficient (Wildman–Crippen LogP) is 2.72. The SMILES string of the molecule is O=C(CCN1C(=O)[C@@H]2[C@@H]3C=C[C@H]([C@H]4C[C@H]34)[C@@H]2C1=O)Nc1ccccc1Cl. The Morgan fingerprint density at radius 2 is 1.69 bits per heavy atom. The van der Waals surface area contributed by atoms with E-state index in [0.717, 1.165) is 6.42 Å². The van der Waals surface area contributed by atoms with Crippen LogP contribution in [0.1, 0.15) is 12.8 Å². The standard InChI is InChI=1S/C20H19ClN2O3/c21-14-3-1-2-4-15(14)22-16(24)7-8-23-19(25)17-10-5-6-11(13-9-12(10)13)18(17)20(23)26/h1-6,10-13,17-18H,7-9H2,(H,22,24)/t10-,11-,12-,13-,17-,18+/m1/s1. The molecule has 1 aromatic carbocycles. The van der Waals surface area contributed by atoms with Crippen LogP contribution in [0.4, 0.5) is 5.69 Å². The average Bonchev–Trinajstić information content (AvgIpc) is 3.41. The summed E-state index contributed by atoms with van der Waals surface area (Å²) in [5.41, 5.74) is 0.536. The normalized spacial score (nSPS) is 36.1. The number of halogens is 1. The third kappa shape index (κ3) is 2.26. The number of hydrogen-bond acceptors (Lipinski definition) is 3. The Morgan fingerprint density at radius 3 is 2.31 bits per heavy atom. The van der Waals surface area contributed by atoms with Gasteiger partial charge in [-0.25, -0.2) is 0 Å². The van der Waals surface area contributed by atoms with Crippen LogP contribution in [0, 0.1) is 35.5 Å². The Bertz CT molecular complexity index is 815. The maximum atomic E-state index is 12.8. The molecular formula is C20H19ClN2O3. The van der Waals surface area contributed by atoms with Crippen molar-refractivity contribution in [3.8, 4) is 0 Å². The molecule has 26 heavy (non-hydrogen) atoms. The van der Waals surface area contributed by atoms with Gasteiger partial charge in [-0.3, -0.25) is 19.3 Å². The van der Waals surface area contributed by atoms with E-state index in [1.54, 1.807) is 24.3 Å². The summed E-state index contributed by atoms with van der Waals surface area (Å²) in [6, 6.07) is 6.99. The molecule has 0 radical (unpaired) electrons. The van der Waals surface area contributed by atoms with Crippen molar-refractivity contribution in [3.05, 3.63) is 41.4 Å². The van der Waals surface area contributed by atoms with Crippen molar-refractivity contribution >= 4 is 35.0 Å². The highest BCUT2D eigenvalue weighted by atomic mass is 35.5. The van der Waals surface area contributed by atoms with Gasteiger partial charge in [0.25, 0.3) is 0 Å². The van der Waals surface area contributed by atoms with Crippen molar-refractivity contribution in [1.82, 2.24) is 4.90 Å². The summed E-state index contributed by atoms with van der Waals surface area (Å²) in [6.07, 6.45) is 5.53. The predicted molar refractivity (Wildman–Crippen MR) is 96.1 cm³/mol. The van der Waals surface area contributed by atoms with E-state index in [2.05, 4.69) is 17.5 Å². The third-order valence-electron chi connectivity index (χ3n) is 6.46.